The molecule has 9 nitrogen and oxygen atoms in total. The van der Waals surface area contributed by atoms with E-state index < -0.39 is 10.5 Å². The summed E-state index contributed by atoms with van der Waals surface area (Å²) in [5.74, 6) is 0. The molecule has 0 rings (SSSR count). The van der Waals surface area contributed by atoms with Gasteiger partial charge in [0.1, 0.15) is 13.4 Å². The molecule has 0 saturated carbocycles. The van der Waals surface area contributed by atoms with Crippen LogP contribution in [0.15, 0.2) is 0 Å². The quantitative estimate of drug-likeness (QED) is 0.196. The highest BCUT2D eigenvalue weighted by Gasteiger charge is 2.33. The van der Waals surface area contributed by atoms with E-state index in [2.05, 4.69) is 4.84 Å². The number of hydrogen-bond donors (Lipinski definition) is 0. The van der Waals surface area contributed by atoms with E-state index in [4.69, 9.17) is 18.9 Å². The average Bonchev–Trinajstić information content (AvgIpc) is 2.45. The summed E-state index contributed by atoms with van der Waals surface area (Å²) in [5, 5.41) is 9.56. The lowest BCUT2D eigenvalue weighted by molar-refractivity contribution is -0.761. The van der Waals surface area contributed by atoms with Crippen molar-refractivity contribution in [3.05, 3.63) is 10.1 Å². The van der Waals surface area contributed by atoms with Gasteiger partial charge in [0.25, 0.3) is 5.09 Å². The van der Waals surface area contributed by atoms with Gasteiger partial charge in [0.15, 0.2) is 0 Å². The number of ether oxygens (including phenoxy) is 4. The van der Waals surface area contributed by atoms with E-state index in [0.717, 1.165) is 0 Å². The molecule has 0 aliphatic carbocycles. The third-order valence-electron chi connectivity index (χ3n) is 3.19. The molecule has 1 unspecified atom stereocenters. The van der Waals surface area contributed by atoms with E-state index in [9.17, 15) is 10.1 Å². The van der Waals surface area contributed by atoms with Crippen molar-refractivity contribution in [3.63, 3.8) is 0 Å². The molecule has 0 aliphatic rings. The van der Waals surface area contributed by atoms with Gasteiger partial charge in [-0.2, -0.15) is 0 Å². The molecule has 0 aromatic carbocycles. The Kier molecular flexibility index (Phi) is 11.0. The van der Waals surface area contributed by atoms with Crippen LogP contribution >= 0.6 is 0 Å². The lowest BCUT2D eigenvalue weighted by atomic mass is 9.92. The van der Waals surface area contributed by atoms with Crippen LogP contribution in [-0.4, -0.2) is 84.2 Å². The van der Waals surface area contributed by atoms with Gasteiger partial charge in [0.05, 0.1) is 31.8 Å². The predicted octanol–water partition coefficient (Wildman–Crippen LogP) is 0.415. The van der Waals surface area contributed by atoms with Crippen LogP contribution in [0, 0.1) is 15.5 Å². The standard InChI is InChI=1S/C13H28N2O7/c1-12(14(2)3)6-20-11-21-9-13(7-18-4,8-19-5)10-22-15(16)17/h12H,6-11H2,1-5H3. The summed E-state index contributed by atoms with van der Waals surface area (Å²) in [6.45, 7) is 3.07. The number of hydrogen-bond acceptors (Lipinski definition) is 8. The minimum atomic E-state index is -0.838. The molecule has 0 aromatic rings. The number of nitrogens with zero attached hydrogens (tertiary/aromatic N) is 2. The van der Waals surface area contributed by atoms with Crippen molar-refractivity contribution in [2.45, 2.75) is 13.0 Å². The Hall–Kier alpha value is -1.00. The molecule has 0 N–H and O–H groups in total. The maximum absolute atomic E-state index is 10.4. The Morgan fingerprint density at radius 1 is 1.09 bits per heavy atom. The summed E-state index contributed by atoms with van der Waals surface area (Å²) < 4.78 is 21.1. The van der Waals surface area contributed by atoms with Crippen LogP contribution in [0.1, 0.15) is 6.92 Å². The Morgan fingerprint density at radius 3 is 2.14 bits per heavy atom. The summed E-state index contributed by atoms with van der Waals surface area (Å²) in [6, 6.07) is 0.268. The molecule has 9 heteroatoms. The molecule has 0 heterocycles. The first-order valence-corrected chi connectivity index (χ1v) is 6.94. The van der Waals surface area contributed by atoms with E-state index in [1.807, 2.05) is 25.9 Å². The van der Waals surface area contributed by atoms with Gasteiger partial charge in [-0.1, -0.05) is 0 Å². The fourth-order valence-corrected chi connectivity index (χ4v) is 1.74. The molecular formula is C13H28N2O7. The molecule has 0 radical (unpaired) electrons. The summed E-state index contributed by atoms with van der Waals surface area (Å²) >= 11 is 0. The average molecular weight is 324 g/mol. The summed E-state index contributed by atoms with van der Waals surface area (Å²) in [5.41, 5.74) is -0.757. The van der Waals surface area contributed by atoms with Crippen molar-refractivity contribution >= 4 is 0 Å². The van der Waals surface area contributed by atoms with Crippen LogP contribution in [0.2, 0.25) is 0 Å². The lowest BCUT2D eigenvalue weighted by Crippen LogP contribution is -2.42. The summed E-state index contributed by atoms with van der Waals surface area (Å²) in [4.78, 5) is 16.9. The first-order valence-electron chi connectivity index (χ1n) is 6.94. The van der Waals surface area contributed by atoms with E-state index in [0.29, 0.717) is 6.61 Å². The Bertz CT molecular complexity index is 296. The summed E-state index contributed by atoms with van der Waals surface area (Å²) in [6.07, 6.45) is 0. The van der Waals surface area contributed by atoms with E-state index >= 15 is 0 Å². The fourth-order valence-electron chi connectivity index (χ4n) is 1.74. The van der Waals surface area contributed by atoms with Crippen LogP contribution < -0.4 is 0 Å². The largest absolute Gasteiger partial charge is 0.384 e. The van der Waals surface area contributed by atoms with Gasteiger partial charge in [0.2, 0.25) is 0 Å². The van der Waals surface area contributed by atoms with Crippen molar-refractivity contribution < 1.29 is 28.9 Å². The second kappa shape index (κ2) is 11.6. The molecule has 0 fully saturated rings. The molecule has 132 valence electrons. The predicted molar refractivity (Wildman–Crippen MR) is 79.1 cm³/mol. The zero-order valence-electron chi connectivity index (χ0n) is 14.1. The first-order chi connectivity index (χ1) is 10.4. The SMILES string of the molecule is COCC(COC)(COCOCC(C)N(C)C)CO[N+](=O)[O-]. The van der Waals surface area contributed by atoms with Crippen molar-refractivity contribution in [3.8, 4) is 0 Å². The minimum absolute atomic E-state index is 0.0891. The maximum atomic E-state index is 10.4. The van der Waals surface area contributed by atoms with Gasteiger partial charge in [-0.25, -0.2) is 0 Å². The molecule has 0 amide bonds. The van der Waals surface area contributed by atoms with E-state index in [1.54, 1.807) is 0 Å². The first kappa shape index (κ1) is 21.0. The monoisotopic (exact) mass is 324 g/mol. The molecule has 0 saturated heterocycles. The number of rotatable bonds is 14. The van der Waals surface area contributed by atoms with Crippen molar-refractivity contribution in [2.75, 3.05) is 68.1 Å². The number of likely N-dealkylation sites (N-methyl/N-ethyl adjacent to an activating group) is 1. The van der Waals surface area contributed by atoms with Crippen LogP contribution in [0.5, 0.6) is 0 Å². The minimum Gasteiger partial charge on any atom is -0.384 e. The van der Waals surface area contributed by atoms with Gasteiger partial charge < -0.3 is 28.7 Å². The van der Waals surface area contributed by atoms with Crippen molar-refractivity contribution in [1.29, 1.82) is 0 Å². The lowest BCUT2D eigenvalue weighted by Gasteiger charge is -2.31. The van der Waals surface area contributed by atoms with Gasteiger partial charge >= 0.3 is 0 Å². The topological polar surface area (TPSA) is 92.5 Å². The van der Waals surface area contributed by atoms with Crippen molar-refractivity contribution in [1.82, 2.24) is 4.90 Å². The Balaban J connectivity index is 4.29. The third kappa shape index (κ3) is 9.11. The third-order valence-corrected chi connectivity index (χ3v) is 3.19. The number of methoxy groups -OCH3 is 2. The summed E-state index contributed by atoms with van der Waals surface area (Å²) in [7, 11) is 6.94. The second-order valence-electron chi connectivity index (χ2n) is 5.51. The highest BCUT2D eigenvalue weighted by atomic mass is 17.0. The fraction of sp³-hybridized carbons (Fsp3) is 1.00. The molecule has 0 aliphatic heterocycles. The molecule has 0 spiro atoms. The molecule has 0 bridgehead atoms. The van der Waals surface area contributed by atoms with Crippen LogP contribution in [-0.2, 0) is 23.8 Å². The van der Waals surface area contributed by atoms with Gasteiger partial charge in [-0.15, -0.1) is 10.1 Å². The van der Waals surface area contributed by atoms with Crippen molar-refractivity contribution in [2.24, 2.45) is 5.41 Å². The van der Waals surface area contributed by atoms with Crippen LogP contribution in [0.25, 0.3) is 0 Å². The van der Waals surface area contributed by atoms with Crippen LogP contribution in [0.3, 0.4) is 0 Å². The highest BCUT2D eigenvalue weighted by molar-refractivity contribution is 4.78. The van der Waals surface area contributed by atoms with E-state index in [-0.39, 0.29) is 39.3 Å². The molecule has 1 atom stereocenters. The Morgan fingerprint density at radius 2 is 1.68 bits per heavy atom. The molecule has 0 aromatic heterocycles. The van der Waals surface area contributed by atoms with Gasteiger partial charge in [-0.3, -0.25) is 0 Å². The van der Waals surface area contributed by atoms with Crippen LogP contribution in [0.4, 0.5) is 0 Å². The maximum Gasteiger partial charge on any atom is 0.294 e. The zero-order chi connectivity index (χ0) is 17.0. The van der Waals surface area contributed by atoms with Gasteiger partial charge in [-0.05, 0) is 21.0 Å². The smallest absolute Gasteiger partial charge is 0.294 e. The van der Waals surface area contributed by atoms with E-state index in [1.165, 1.54) is 14.2 Å². The highest BCUT2D eigenvalue weighted by Crippen LogP contribution is 2.20. The molecular weight excluding hydrogens is 296 g/mol. The second-order valence-corrected chi connectivity index (χ2v) is 5.51. The zero-order valence-corrected chi connectivity index (χ0v) is 14.1. The molecule has 22 heavy (non-hydrogen) atoms. The van der Waals surface area contributed by atoms with Gasteiger partial charge in [0, 0.05) is 20.3 Å². The normalized spacial score (nSPS) is 13.4. The Labute approximate surface area is 131 Å².